The first kappa shape index (κ1) is 18.5. The second-order valence-electron chi connectivity index (χ2n) is 6.76. The molecule has 136 valence electrons. The standard InChI is InChI=1S/C20H23ClN4O/c1-15-13-16(2)23-20(19(15)14-22)25-9-7-24(8-10-25)11-12-26-18-5-3-17(21)4-6-18/h3-6,13H,7-12H2,1-2H3/p+2. The molecule has 2 N–H and O–H groups in total. The second-order valence-corrected chi connectivity index (χ2v) is 7.20. The normalized spacial score (nSPS) is 14.9. The predicted octanol–water partition coefficient (Wildman–Crippen LogP) is 1.43. The molecule has 0 amide bonds. The van der Waals surface area contributed by atoms with E-state index < -0.39 is 0 Å². The molecule has 0 spiro atoms. The first-order valence-corrected chi connectivity index (χ1v) is 9.35. The average molecular weight is 373 g/mol. The fourth-order valence-corrected chi connectivity index (χ4v) is 3.51. The maximum Gasteiger partial charge on any atom is 0.293 e. The van der Waals surface area contributed by atoms with Crippen molar-refractivity contribution in [1.29, 1.82) is 5.26 Å². The van der Waals surface area contributed by atoms with Gasteiger partial charge in [-0.05, 0) is 49.7 Å². The van der Waals surface area contributed by atoms with Gasteiger partial charge >= 0.3 is 0 Å². The van der Waals surface area contributed by atoms with Gasteiger partial charge in [-0.1, -0.05) is 11.6 Å². The molecule has 2 heterocycles. The van der Waals surface area contributed by atoms with Crippen LogP contribution in [-0.2, 0) is 0 Å². The van der Waals surface area contributed by atoms with E-state index >= 15 is 0 Å². The van der Waals surface area contributed by atoms with Crippen LogP contribution in [0, 0.1) is 25.2 Å². The molecule has 1 saturated heterocycles. The molecule has 0 saturated carbocycles. The number of hydrogen-bond acceptors (Lipinski definition) is 3. The maximum atomic E-state index is 9.49. The number of aryl methyl sites for hydroxylation is 2. The minimum atomic E-state index is 0.691. The number of benzene rings is 1. The van der Waals surface area contributed by atoms with Gasteiger partial charge in [-0.2, -0.15) is 5.26 Å². The SMILES string of the molecule is Cc1cc(C)c(C#N)c(N2CC[NH+](CCOc3ccc(Cl)cc3)CC2)[nH+]1. The number of aromatic nitrogens is 1. The highest BCUT2D eigenvalue weighted by Crippen LogP contribution is 2.18. The van der Waals surface area contributed by atoms with Gasteiger partial charge in [0.25, 0.3) is 5.82 Å². The Morgan fingerprint density at radius 2 is 1.92 bits per heavy atom. The molecule has 1 aliphatic heterocycles. The van der Waals surface area contributed by atoms with E-state index in [4.69, 9.17) is 16.3 Å². The molecule has 5 nitrogen and oxygen atoms in total. The third-order valence-electron chi connectivity index (χ3n) is 4.82. The summed E-state index contributed by atoms with van der Waals surface area (Å²) in [6.07, 6.45) is 0. The highest BCUT2D eigenvalue weighted by atomic mass is 35.5. The van der Waals surface area contributed by atoms with Crippen LogP contribution in [0.3, 0.4) is 0 Å². The molecule has 0 unspecified atom stereocenters. The number of piperazine rings is 1. The van der Waals surface area contributed by atoms with Gasteiger partial charge in [0.05, 0.1) is 5.69 Å². The molecular formula is C20H25ClN4O+2. The molecule has 0 radical (unpaired) electrons. The smallest absolute Gasteiger partial charge is 0.293 e. The lowest BCUT2D eigenvalue weighted by atomic mass is 10.1. The van der Waals surface area contributed by atoms with E-state index in [2.05, 4.69) is 16.0 Å². The molecule has 1 aromatic heterocycles. The molecular weight excluding hydrogens is 348 g/mol. The van der Waals surface area contributed by atoms with Gasteiger partial charge < -0.3 is 9.64 Å². The summed E-state index contributed by atoms with van der Waals surface area (Å²) in [6.45, 7) is 9.64. The van der Waals surface area contributed by atoms with E-state index in [0.29, 0.717) is 6.61 Å². The number of quaternary nitrogens is 1. The van der Waals surface area contributed by atoms with Crippen molar-refractivity contribution in [3.8, 4) is 11.8 Å². The number of nitriles is 1. The van der Waals surface area contributed by atoms with Crippen molar-refractivity contribution in [3.05, 3.63) is 52.2 Å². The van der Waals surface area contributed by atoms with Crippen LogP contribution in [0.1, 0.15) is 16.8 Å². The minimum absolute atomic E-state index is 0.691. The molecule has 1 aliphatic rings. The lowest BCUT2D eigenvalue weighted by Crippen LogP contribution is -3.15. The summed E-state index contributed by atoms with van der Waals surface area (Å²) in [6, 6.07) is 11.9. The number of nitrogens with zero attached hydrogens (tertiary/aromatic N) is 2. The van der Waals surface area contributed by atoms with Crippen molar-refractivity contribution in [2.45, 2.75) is 13.8 Å². The fraction of sp³-hybridized carbons (Fsp3) is 0.400. The van der Waals surface area contributed by atoms with Crippen molar-refractivity contribution in [1.82, 2.24) is 0 Å². The van der Waals surface area contributed by atoms with Crippen molar-refractivity contribution < 1.29 is 14.6 Å². The third kappa shape index (κ3) is 4.46. The fourth-order valence-electron chi connectivity index (χ4n) is 3.39. The molecule has 1 fully saturated rings. The molecule has 2 aromatic rings. The predicted molar refractivity (Wildman–Crippen MR) is 102 cm³/mol. The van der Waals surface area contributed by atoms with E-state index in [1.165, 1.54) is 4.90 Å². The van der Waals surface area contributed by atoms with Crippen LogP contribution in [0.5, 0.6) is 5.75 Å². The molecule has 0 bridgehead atoms. The second kappa shape index (κ2) is 8.39. The summed E-state index contributed by atoms with van der Waals surface area (Å²) in [4.78, 5) is 7.20. The summed E-state index contributed by atoms with van der Waals surface area (Å²) in [5, 5.41) is 10.2. The number of H-pyrrole nitrogens is 1. The lowest BCUT2D eigenvalue weighted by molar-refractivity contribution is -0.900. The Balaban J connectivity index is 1.52. The largest absolute Gasteiger partial charge is 0.488 e. The summed E-state index contributed by atoms with van der Waals surface area (Å²) in [5.41, 5.74) is 2.87. The summed E-state index contributed by atoms with van der Waals surface area (Å²) < 4.78 is 5.80. The Hall–Kier alpha value is -2.29. The number of halogens is 1. The zero-order chi connectivity index (χ0) is 18.5. The van der Waals surface area contributed by atoms with E-state index in [0.717, 1.165) is 66.1 Å². The third-order valence-corrected chi connectivity index (χ3v) is 5.07. The molecule has 26 heavy (non-hydrogen) atoms. The van der Waals surface area contributed by atoms with Crippen LogP contribution < -0.4 is 19.5 Å². The first-order valence-electron chi connectivity index (χ1n) is 8.97. The van der Waals surface area contributed by atoms with Crippen molar-refractivity contribution >= 4 is 17.4 Å². The van der Waals surface area contributed by atoms with Gasteiger partial charge in [0.15, 0.2) is 0 Å². The Kier molecular flexibility index (Phi) is 5.97. The van der Waals surface area contributed by atoms with Crippen molar-refractivity contribution in [3.63, 3.8) is 0 Å². The first-order chi connectivity index (χ1) is 12.6. The van der Waals surface area contributed by atoms with E-state index in [-0.39, 0.29) is 0 Å². The molecule has 0 atom stereocenters. The van der Waals surface area contributed by atoms with Crippen molar-refractivity contribution in [2.75, 3.05) is 44.2 Å². The van der Waals surface area contributed by atoms with E-state index in [1.54, 1.807) is 0 Å². The Morgan fingerprint density at radius 1 is 1.23 bits per heavy atom. The van der Waals surface area contributed by atoms with Gasteiger partial charge in [0.1, 0.15) is 56.7 Å². The Labute approximate surface area is 159 Å². The summed E-state index contributed by atoms with van der Waals surface area (Å²) in [5.74, 6) is 1.82. The minimum Gasteiger partial charge on any atom is -0.488 e. The van der Waals surface area contributed by atoms with Crippen LogP contribution in [0.4, 0.5) is 5.82 Å². The monoisotopic (exact) mass is 372 g/mol. The highest BCUT2D eigenvalue weighted by Gasteiger charge is 2.29. The Bertz CT molecular complexity index is 793. The highest BCUT2D eigenvalue weighted by molar-refractivity contribution is 6.30. The van der Waals surface area contributed by atoms with Gasteiger partial charge in [0, 0.05) is 5.02 Å². The number of aromatic amines is 1. The quantitative estimate of drug-likeness (QED) is 0.863. The zero-order valence-electron chi connectivity index (χ0n) is 15.3. The summed E-state index contributed by atoms with van der Waals surface area (Å²) in [7, 11) is 0. The summed E-state index contributed by atoms with van der Waals surface area (Å²) >= 11 is 5.89. The van der Waals surface area contributed by atoms with E-state index in [9.17, 15) is 5.26 Å². The molecule has 3 rings (SSSR count). The zero-order valence-corrected chi connectivity index (χ0v) is 16.1. The van der Waals surface area contributed by atoms with Crippen LogP contribution in [0.15, 0.2) is 30.3 Å². The molecule has 0 aliphatic carbocycles. The van der Waals surface area contributed by atoms with Gasteiger partial charge in [0.2, 0.25) is 0 Å². The topological polar surface area (TPSA) is 54.8 Å². The number of hydrogen-bond donors (Lipinski definition) is 1. The van der Waals surface area contributed by atoms with Gasteiger partial charge in [-0.25, -0.2) is 9.88 Å². The molecule has 6 heteroatoms. The van der Waals surface area contributed by atoms with Gasteiger partial charge in [-0.15, -0.1) is 0 Å². The number of rotatable bonds is 5. The van der Waals surface area contributed by atoms with Crippen LogP contribution in [0.25, 0.3) is 0 Å². The Morgan fingerprint density at radius 3 is 2.58 bits per heavy atom. The van der Waals surface area contributed by atoms with Crippen LogP contribution in [0.2, 0.25) is 5.02 Å². The molecule has 1 aromatic carbocycles. The van der Waals surface area contributed by atoms with Crippen LogP contribution >= 0.6 is 11.6 Å². The number of ether oxygens (including phenoxy) is 1. The van der Waals surface area contributed by atoms with Crippen molar-refractivity contribution in [2.24, 2.45) is 0 Å². The number of anilines is 1. The lowest BCUT2D eigenvalue weighted by Gasteiger charge is -2.28. The average Bonchev–Trinajstić information content (AvgIpc) is 2.63. The number of pyridine rings is 1. The number of nitrogens with one attached hydrogen (secondary N) is 2. The van der Waals surface area contributed by atoms with E-state index in [1.807, 2.05) is 44.2 Å². The van der Waals surface area contributed by atoms with Gasteiger partial charge in [-0.3, -0.25) is 0 Å². The van der Waals surface area contributed by atoms with Crippen LogP contribution in [-0.4, -0.2) is 39.3 Å². The maximum absolute atomic E-state index is 9.49.